The second kappa shape index (κ2) is 7.74. The number of hydrogen-bond acceptors (Lipinski definition) is 3. The van der Waals surface area contributed by atoms with Crippen LogP contribution < -0.4 is 5.73 Å². The van der Waals surface area contributed by atoms with Gasteiger partial charge in [0.25, 0.3) is 0 Å². The summed E-state index contributed by atoms with van der Waals surface area (Å²) in [5.74, 6) is 0. The van der Waals surface area contributed by atoms with Crippen LogP contribution in [0.5, 0.6) is 0 Å². The average Bonchev–Trinajstić information content (AvgIpc) is 2.33. The summed E-state index contributed by atoms with van der Waals surface area (Å²) in [6, 6.07) is 6.22. The minimum atomic E-state index is 0.235. The van der Waals surface area contributed by atoms with Gasteiger partial charge < -0.3 is 10.5 Å². The van der Waals surface area contributed by atoms with E-state index in [1.54, 1.807) is 7.11 Å². The molecule has 1 unspecified atom stereocenters. The SMILES string of the molecule is COCCCN(C)C(CN)c1ccc(Cl)cc1C. The molecule has 1 atom stereocenters. The molecule has 3 nitrogen and oxygen atoms in total. The van der Waals surface area contributed by atoms with Crippen LogP contribution >= 0.6 is 11.6 Å². The minimum Gasteiger partial charge on any atom is -0.385 e. The first-order chi connectivity index (χ1) is 8.60. The van der Waals surface area contributed by atoms with Crippen LogP contribution in [0.25, 0.3) is 0 Å². The summed E-state index contributed by atoms with van der Waals surface area (Å²) in [6.45, 7) is 4.43. The molecule has 0 amide bonds. The molecule has 0 aromatic heterocycles. The van der Waals surface area contributed by atoms with Crippen molar-refractivity contribution in [1.29, 1.82) is 0 Å². The Hall–Kier alpha value is -0.610. The summed E-state index contributed by atoms with van der Waals surface area (Å²) in [7, 11) is 3.82. The van der Waals surface area contributed by atoms with E-state index in [1.807, 2.05) is 12.1 Å². The lowest BCUT2D eigenvalue weighted by Gasteiger charge is -2.28. The van der Waals surface area contributed by atoms with Crippen LogP contribution in [0.3, 0.4) is 0 Å². The van der Waals surface area contributed by atoms with Crippen LogP contribution in [0.4, 0.5) is 0 Å². The van der Waals surface area contributed by atoms with Gasteiger partial charge in [0.15, 0.2) is 0 Å². The summed E-state index contributed by atoms with van der Waals surface area (Å²) in [4.78, 5) is 2.27. The van der Waals surface area contributed by atoms with Gasteiger partial charge in [-0.25, -0.2) is 0 Å². The Labute approximate surface area is 115 Å². The highest BCUT2D eigenvalue weighted by Crippen LogP contribution is 2.24. The van der Waals surface area contributed by atoms with Gasteiger partial charge in [-0.15, -0.1) is 0 Å². The fourth-order valence-corrected chi connectivity index (χ4v) is 2.40. The molecule has 18 heavy (non-hydrogen) atoms. The molecule has 4 heteroatoms. The molecule has 0 saturated heterocycles. The van der Waals surface area contributed by atoms with Crippen LogP contribution in [0.2, 0.25) is 5.02 Å². The topological polar surface area (TPSA) is 38.5 Å². The van der Waals surface area contributed by atoms with E-state index in [4.69, 9.17) is 22.1 Å². The third-order valence-electron chi connectivity index (χ3n) is 3.21. The average molecular weight is 271 g/mol. The monoisotopic (exact) mass is 270 g/mol. The number of ether oxygens (including phenoxy) is 1. The van der Waals surface area contributed by atoms with Gasteiger partial charge in [-0.2, -0.15) is 0 Å². The maximum absolute atomic E-state index is 5.99. The third kappa shape index (κ3) is 4.25. The van der Waals surface area contributed by atoms with Gasteiger partial charge in [0.2, 0.25) is 0 Å². The van der Waals surface area contributed by atoms with Crippen LogP contribution in [0.1, 0.15) is 23.6 Å². The molecule has 0 fully saturated rings. The quantitative estimate of drug-likeness (QED) is 0.774. The first-order valence-corrected chi connectivity index (χ1v) is 6.63. The summed E-state index contributed by atoms with van der Waals surface area (Å²) >= 11 is 5.99. The molecule has 0 spiro atoms. The Morgan fingerprint density at radius 1 is 1.44 bits per heavy atom. The molecule has 2 N–H and O–H groups in total. The molecule has 0 saturated carbocycles. The van der Waals surface area contributed by atoms with Crippen molar-refractivity contribution in [3.63, 3.8) is 0 Å². The zero-order valence-corrected chi connectivity index (χ0v) is 12.2. The van der Waals surface area contributed by atoms with Crippen LogP contribution in [-0.2, 0) is 4.74 Å². The van der Waals surface area contributed by atoms with Gasteiger partial charge in [-0.1, -0.05) is 17.7 Å². The van der Waals surface area contributed by atoms with Gasteiger partial charge in [-0.3, -0.25) is 4.90 Å². The minimum absolute atomic E-state index is 0.235. The number of nitrogens with two attached hydrogens (primary N) is 1. The smallest absolute Gasteiger partial charge is 0.0474 e. The molecule has 0 aliphatic heterocycles. The van der Waals surface area contributed by atoms with Crippen molar-refractivity contribution in [2.45, 2.75) is 19.4 Å². The molecule has 102 valence electrons. The lowest BCUT2D eigenvalue weighted by molar-refractivity contribution is 0.166. The van der Waals surface area contributed by atoms with Gasteiger partial charge >= 0.3 is 0 Å². The zero-order valence-electron chi connectivity index (χ0n) is 11.4. The molecule has 0 heterocycles. The highest BCUT2D eigenvalue weighted by Gasteiger charge is 2.17. The van der Waals surface area contributed by atoms with Crippen molar-refractivity contribution in [2.24, 2.45) is 5.73 Å². The zero-order chi connectivity index (χ0) is 13.5. The fraction of sp³-hybridized carbons (Fsp3) is 0.571. The molecule has 0 aliphatic carbocycles. The van der Waals surface area contributed by atoms with Crippen molar-refractivity contribution in [1.82, 2.24) is 4.90 Å². The highest BCUT2D eigenvalue weighted by molar-refractivity contribution is 6.30. The second-order valence-corrected chi connectivity index (χ2v) is 5.02. The second-order valence-electron chi connectivity index (χ2n) is 4.58. The van der Waals surface area contributed by atoms with Gasteiger partial charge in [0, 0.05) is 37.9 Å². The molecule has 0 radical (unpaired) electrons. The summed E-state index contributed by atoms with van der Waals surface area (Å²) < 4.78 is 5.08. The predicted octanol–water partition coefficient (Wildman–Crippen LogP) is 2.62. The van der Waals surface area contributed by atoms with Gasteiger partial charge in [0.1, 0.15) is 0 Å². The van der Waals surface area contributed by atoms with Crippen molar-refractivity contribution in [3.05, 3.63) is 34.3 Å². The van der Waals surface area contributed by atoms with Crippen molar-refractivity contribution < 1.29 is 4.74 Å². The van der Waals surface area contributed by atoms with E-state index in [2.05, 4.69) is 24.9 Å². The maximum Gasteiger partial charge on any atom is 0.0474 e. The number of rotatable bonds is 7. The van der Waals surface area contributed by atoms with E-state index in [0.717, 1.165) is 24.6 Å². The summed E-state index contributed by atoms with van der Waals surface area (Å²) in [5.41, 5.74) is 8.35. The Bertz CT molecular complexity index is 371. The number of methoxy groups -OCH3 is 1. The van der Waals surface area contributed by atoms with Crippen LogP contribution in [0.15, 0.2) is 18.2 Å². The molecule has 1 aromatic rings. The lowest BCUT2D eigenvalue weighted by Crippen LogP contribution is -2.32. The number of aryl methyl sites for hydroxylation is 1. The van der Waals surface area contributed by atoms with E-state index < -0.39 is 0 Å². The fourth-order valence-electron chi connectivity index (χ4n) is 2.17. The predicted molar refractivity (Wildman–Crippen MR) is 77.1 cm³/mol. The Balaban J connectivity index is 2.75. The number of hydrogen-bond donors (Lipinski definition) is 1. The molecular weight excluding hydrogens is 248 g/mol. The van der Waals surface area contributed by atoms with Gasteiger partial charge in [-0.05, 0) is 43.7 Å². The Kier molecular flexibility index (Phi) is 6.65. The van der Waals surface area contributed by atoms with E-state index in [0.29, 0.717) is 6.54 Å². The van der Waals surface area contributed by atoms with Crippen molar-refractivity contribution in [3.8, 4) is 0 Å². The lowest BCUT2D eigenvalue weighted by atomic mass is 10.00. The van der Waals surface area contributed by atoms with Crippen LogP contribution in [-0.4, -0.2) is 38.8 Å². The number of nitrogens with zero attached hydrogens (tertiary/aromatic N) is 1. The molecule has 1 rings (SSSR count). The summed E-state index contributed by atoms with van der Waals surface area (Å²) in [5, 5.41) is 0.772. The van der Waals surface area contributed by atoms with E-state index in [1.165, 1.54) is 11.1 Å². The Morgan fingerprint density at radius 2 is 2.17 bits per heavy atom. The molecular formula is C14H23ClN2O. The van der Waals surface area contributed by atoms with Crippen molar-refractivity contribution >= 4 is 11.6 Å². The normalized spacial score (nSPS) is 13.0. The molecule has 0 aliphatic rings. The van der Waals surface area contributed by atoms with E-state index >= 15 is 0 Å². The van der Waals surface area contributed by atoms with Crippen LogP contribution in [0, 0.1) is 6.92 Å². The largest absolute Gasteiger partial charge is 0.385 e. The van der Waals surface area contributed by atoms with E-state index in [-0.39, 0.29) is 6.04 Å². The first kappa shape index (κ1) is 15.4. The molecule has 0 bridgehead atoms. The Morgan fingerprint density at radius 3 is 2.72 bits per heavy atom. The maximum atomic E-state index is 5.99. The van der Waals surface area contributed by atoms with E-state index in [9.17, 15) is 0 Å². The number of likely N-dealkylation sites (N-methyl/N-ethyl adjacent to an activating group) is 1. The third-order valence-corrected chi connectivity index (χ3v) is 3.44. The number of halogens is 1. The van der Waals surface area contributed by atoms with Gasteiger partial charge in [0.05, 0.1) is 0 Å². The standard InChI is InChI=1S/C14H23ClN2O/c1-11-9-12(15)5-6-13(11)14(10-16)17(2)7-4-8-18-3/h5-6,9,14H,4,7-8,10,16H2,1-3H3. The molecule has 1 aromatic carbocycles. The number of benzene rings is 1. The summed E-state index contributed by atoms with van der Waals surface area (Å²) in [6.07, 6.45) is 1.01. The highest BCUT2D eigenvalue weighted by atomic mass is 35.5. The first-order valence-electron chi connectivity index (χ1n) is 6.25. The van der Waals surface area contributed by atoms with Crippen molar-refractivity contribution in [2.75, 3.05) is 33.9 Å².